The molecule has 0 saturated carbocycles. The van der Waals surface area contributed by atoms with Crippen LogP contribution in [0.3, 0.4) is 0 Å². The highest BCUT2D eigenvalue weighted by atomic mass is 16.2. The summed E-state index contributed by atoms with van der Waals surface area (Å²) in [7, 11) is 0. The van der Waals surface area contributed by atoms with E-state index >= 15 is 0 Å². The van der Waals surface area contributed by atoms with Crippen LogP contribution >= 0.6 is 0 Å². The van der Waals surface area contributed by atoms with E-state index in [1.165, 1.54) is 6.42 Å². The first-order valence-electron chi connectivity index (χ1n) is 7.30. The average Bonchev–Trinajstić information content (AvgIpc) is 2.75. The minimum absolute atomic E-state index is 0.326. The van der Waals surface area contributed by atoms with E-state index in [9.17, 15) is 4.79 Å². The van der Waals surface area contributed by atoms with Gasteiger partial charge in [0.2, 0.25) is 5.91 Å². The van der Waals surface area contributed by atoms with Gasteiger partial charge in [0.05, 0.1) is 6.54 Å². The molecule has 0 aliphatic carbocycles. The molecular formula is C14H27N3O. The molecule has 2 saturated heterocycles. The molecule has 4 nitrogen and oxygen atoms in total. The van der Waals surface area contributed by atoms with Gasteiger partial charge in [-0.25, -0.2) is 0 Å². The quantitative estimate of drug-likeness (QED) is 0.747. The number of rotatable bonds is 3. The van der Waals surface area contributed by atoms with Gasteiger partial charge in [-0.05, 0) is 32.7 Å². The molecule has 0 N–H and O–H groups in total. The zero-order valence-electron chi connectivity index (χ0n) is 12.1. The first-order chi connectivity index (χ1) is 8.56. The molecule has 0 spiro atoms. The molecule has 0 aromatic rings. The topological polar surface area (TPSA) is 26.8 Å². The highest BCUT2D eigenvalue weighted by molar-refractivity contribution is 5.78. The molecule has 104 valence electrons. The number of carbonyl (C=O) groups is 1. The largest absolute Gasteiger partial charge is 0.339 e. The normalized spacial score (nSPS) is 27.1. The van der Waals surface area contributed by atoms with Crippen LogP contribution in [-0.2, 0) is 4.79 Å². The molecule has 0 aromatic heterocycles. The number of hydrogen-bond acceptors (Lipinski definition) is 3. The number of hydrogen-bond donors (Lipinski definition) is 0. The molecule has 0 radical (unpaired) electrons. The van der Waals surface area contributed by atoms with Crippen LogP contribution in [0.25, 0.3) is 0 Å². The van der Waals surface area contributed by atoms with Gasteiger partial charge in [0.1, 0.15) is 0 Å². The Morgan fingerprint density at radius 2 is 1.83 bits per heavy atom. The molecular weight excluding hydrogens is 226 g/mol. The van der Waals surface area contributed by atoms with E-state index in [-0.39, 0.29) is 0 Å². The molecule has 2 fully saturated rings. The van der Waals surface area contributed by atoms with Crippen LogP contribution in [0.2, 0.25) is 0 Å². The fraction of sp³-hybridized carbons (Fsp3) is 0.929. The van der Waals surface area contributed by atoms with Crippen LogP contribution in [0.5, 0.6) is 0 Å². The summed E-state index contributed by atoms with van der Waals surface area (Å²) in [6.45, 7) is 13.4. The molecule has 1 unspecified atom stereocenters. The minimum Gasteiger partial charge on any atom is -0.339 e. The van der Waals surface area contributed by atoms with Gasteiger partial charge in [-0.1, -0.05) is 6.92 Å². The van der Waals surface area contributed by atoms with Crippen molar-refractivity contribution in [2.75, 3.05) is 45.8 Å². The van der Waals surface area contributed by atoms with E-state index in [2.05, 4.69) is 30.6 Å². The van der Waals surface area contributed by atoms with E-state index in [1.54, 1.807) is 0 Å². The number of nitrogens with zero attached hydrogens (tertiary/aromatic N) is 3. The zero-order valence-corrected chi connectivity index (χ0v) is 12.1. The van der Waals surface area contributed by atoms with Crippen LogP contribution < -0.4 is 0 Å². The Balaban J connectivity index is 1.74. The molecule has 1 amide bonds. The third-order valence-corrected chi connectivity index (χ3v) is 4.26. The maximum absolute atomic E-state index is 12.2. The number of piperazine rings is 1. The summed E-state index contributed by atoms with van der Waals surface area (Å²) < 4.78 is 0. The first kappa shape index (κ1) is 13.8. The summed E-state index contributed by atoms with van der Waals surface area (Å²) in [5, 5.41) is 0. The Hall–Kier alpha value is -0.610. The van der Waals surface area contributed by atoms with Crippen LogP contribution in [0.4, 0.5) is 0 Å². The SMILES string of the molecule is CC1CCN(CC(=O)N2CCN(C(C)C)CC2)C1. The Bertz CT molecular complexity index is 285. The molecule has 2 rings (SSSR count). The van der Waals surface area contributed by atoms with Gasteiger partial charge in [0.15, 0.2) is 0 Å². The summed E-state index contributed by atoms with van der Waals surface area (Å²) in [6.07, 6.45) is 1.24. The Kier molecular flexibility index (Phi) is 4.62. The zero-order chi connectivity index (χ0) is 13.1. The maximum atomic E-state index is 12.2. The summed E-state index contributed by atoms with van der Waals surface area (Å²) in [4.78, 5) is 19.0. The maximum Gasteiger partial charge on any atom is 0.236 e. The molecule has 0 aromatic carbocycles. The predicted octanol–water partition coefficient (Wildman–Crippen LogP) is 0.881. The van der Waals surface area contributed by atoms with E-state index in [1.807, 2.05) is 4.90 Å². The second-order valence-electron chi connectivity index (χ2n) is 6.14. The van der Waals surface area contributed by atoms with Crippen molar-refractivity contribution in [3.63, 3.8) is 0 Å². The van der Waals surface area contributed by atoms with Gasteiger partial charge in [-0.2, -0.15) is 0 Å². The second-order valence-corrected chi connectivity index (χ2v) is 6.14. The van der Waals surface area contributed by atoms with Crippen molar-refractivity contribution in [3.05, 3.63) is 0 Å². The highest BCUT2D eigenvalue weighted by Crippen LogP contribution is 2.15. The lowest BCUT2D eigenvalue weighted by Crippen LogP contribution is -2.52. The summed E-state index contributed by atoms with van der Waals surface area (Å²) >= 11 is 0. The Morgan fingerprint density at radius 1 is 1.17 bits per heavy atom. The van der Waals surface area contributed by atoms with Crippen molar-refractivity contribution in [1.82, 2.24) is 14.7 Å². The van der Waals surface area contributed by atoms with Gasteiger partial charge in [0.25, 0.3) is 0 Å². The highest BCUT2D eigenvalue weighted by Gasteiger charge is 2.26. The first-order valence-corrected chi connectivity index (χ1v) is 7.30. The van der Waals surface area contributed by atoms with Gasteiger partial charge in [0, 0.05) is 38.8 Å². The van der Waals surface area contributed by atoms with Crippen molar-refractivity contribution >= 4 is 5.91 Å². The summed E-state index contributed by atoms with van der Waals surface area (Å²) in [5.74, 6) is 1.09. The molecule has 4 heteroatoms. The predicted molar refractivity (Wildman–Crippen MR) is 73.5 cm³/mol. The molecule has 18 heavy (non-hydrogen) atoms. The van der Waals surface area contributed by atoms with Crippen molar-refractivity contribution in [2.45, 2.75) is 33.2 Å². The van der Waals surface area contributed by atoms with Crippen LogP contribution in [-0.4, -0.2) is 72.5 Å². The lowest BCUT2D eigenvalue weighted by atomic mass is 10.2. The van der Waals surface area contributed by atoms with E-state index in [4.69, 9.17) is 0 Å². The molecule has 0 bridgehead atoms. The van der Waals surface area contributed by atoms with Crippen molar-refractivity contribution in [3.8, 4) is 0 Å². The molecule has 2 aliphatic heterocycles. The van der Waals surface area contributed by atoms with E-state index < -0.39 is 0 Å². The van der Waals surface area contributed by atoms with Crippen LogP contribution in [0.15, 0.2) is 0 Å². The molecule has 1 atom stereocenters. The van der Waals surface area contributed by atoms with Crippen molar-refractivity contribution in [2.24, 2.45) is 5.92 Å². The fourth-order valence-corrected chi connectivity index (χ4v) is 2.95. The third-order valence-electron chi connectivity index (χ3n) is 4.26. The van der Waals surface area contributed by atoms with Gasteiger partial charge in [-0.15, -0.1) is 0 Å². The monoisotopic (exact) mass is 253 g/mol. The van der Waals surface area contributed by atoms with Gasteiger partial charge < -0.3 is 4.90 Å². The Morgan fingerprint density at radius 3 is 2.33 bits per heavy atom. The number of amides is 1. The van der Waals surface area contributed by atoms with Crippen molar-refractivity contribution in [1.29, 1.82) is 0 Å². The summed E-state index contributed by atoms with van der Waals surface area (Å²) in [5.41, 5.74) is 0. The number of likely N-dealkylation sites (tertiary alicyclic amines) is 1. The van der Waals surface area contributed by atoms with Crippen molar-refractivity contribution < 1.29 is 4.79 Å². The van der Waals surface area contributed by atoms with E-state index in [0.717, 1.165) is 45.2 Å². The van der Waals surface area contributed by atoms with E-state index in [0.29, 0.717) is 18.5 Å². The standard InChI is InChI=1S/C14H27N3O/c1-12(2)16-6-8-17(9-7-16)14(18)11-15-5-4-13(3)10-15/h12-13H,4-11H2,1-3H3. The second kappa shape index (κ2) is 6.02. The lowest BCUT2D eigenvalue weighted by Gasteiger charge is -2.37. The Labute approximate surface area is 111 Å². The fourth-order valence-electron chi connectivity index (χ4n) is 2.95. The smallest absolute Gasteiger partial charge is 0.236 e. The van der Waals surface area contributed by atoms with Gasteiger partial charge >= 0.3 is 0 Å². The molecule has 2 aliphatic rings. The number of carbonyl (C=O) groups excluding carboxylic acids is 1. The average molecular weight is 253 g/mol. The third kappa shape index (κ3) is 3.45. The minimum atomic E-state index is 0.326. The van der Waals surface area contributed by atoms with Crippen LogP contribution in [0.1, 0.15) is 27.2 Å². The van der Waals surface area contributed by atoms with Gasteiger partial charge in [-0.3, -0.25) is 14.6 Å². The lowest BCUT2D eigenvalue weighted by molar-refractivity contribution is -0.134. The summed E-state index contributed by atoms with van der Waals surface area (Å²) in [6, 6.07) is 0.599. The van der Waals surface area contributed by atoms with Crippen LogP contribution in [0, 0.1) is 5.92 Å². The molecule has 2 heterocycles.